The Balaban J connectivity index is 2.04. The van der Waals surface area contributed by atoms with E-state index in [1.807, 2.05) is 22.6 Å². The fourth-order valence-electron chi connectivity index (χ4n) is 3.83. The van der Waals surface area contributed by atoms with Gasteiger partial charge < -0.3 is 19.4 Å². The summed E-state index contributed by atoms with van der Waals surface area (Å²) < 4.78 is 20.9. The molecule has 8 heteroatoms. The number of methoxy groups -OCH3 is 1. The van der Waals surface area contributed by atoms with E-state index in [1.165, 1.54) is 19.2 Å². The highest BCUT2D eigenvalue weighted by molar-refractivity contribution is 5.77. The minimum Gasteiger partial charge on any atom is -0.375 e. The van der Waals surface area contributed by atoms with Crippen LogP contribution in [-0.2, 0) is 16.1 Å². The third-order valence-corrected chi connectivity index (χ3v) is 5.48. The van der Waals surface area contributed by atoms with Crippen LogP contribution in [0, 0.1) is 12.7 Å². The number of amides is 1. The summed E-state index contributed by atoms with van der Waals surface area (Å²) in [6.07, 6.45) is 0.858. The Bertz CT molecular complexity index is 861. The number of carbonyl (C=O) groups is 1. The number of aryl methyl sites for hydroxylation is 1. The van der Waals surface area contributed by atoms with Crippen molar-refractivity contribution in [2.45, 2.75) is 26.8 Å². The van der Waals surface area contributed by atoms with E-state index in [-0.39, 0.29) is 18.3 Å². The van der Waals surface area contributed by atoms with E-state index < -0.39 is 0 Å². The first-order valence-corrected chi connectivity index (χ1v) is 10.5. The lowest BCUT2D eigenvalue weighted by Gasteiger charge is -2.35. The number of carbonyl (C=O) groups excluding carboxylic acids is 1. The number of benzene rings is 1. The monoisotopic (exact) mass is 417 g/mol. The molecule has 164 valence electrons. The molecule has 1 aromatic heterocycles. The minimum absolute atomic E-state index is 0.0402. The molecule has 0 radical (unpaired) electrons. The minimum atomic E-state index is -0.297. The molecule has 7 nitrogen and oxygen atoms in total. The van der Waals surface area contributed by atoms with Gasteiger partial charge in [-0.1, -0.05) is 13.0 Å². The van der Waals surface area contributed by atoms with Gasteiger partial charge in [-0.25, -0.2) is 9.07 Å². The molecule has 1 fully saturated rings. The Hall–Kier alpha value is -2.45. The van der Waals surface area contributed by atoms with Gasteiger partial charge in [0.05, 0.1) is 17.9 Å². The molecule has 1 aromatic carbocycles. The Kier molecular flexibility index (Phi) is 7.44. The number of ether oxygens (including phenoxy) is 1. The summed E-state index contributed by atoms with van der Waals surface area (Å²) in [4.78, 5) is 19.0. The fraction of sp³-hybridized carbons (Fsp3) is 0.545. The second-order valence-corrected chi connectivity index (χ2v) is 7.82. The molecule has 3 rings (SSSR count). The van der Waals surface area contributed by atoms with Crippen LogP contribution in [0.2, 0.25) is 0 Å². The first-order valence-electron chi connectivity index (χ1n) is 10.5. The number of hydrogen-bond acceptors (Lipinski definition) is 5. The van der Waals surface area contributed by atoms with Gasteiger partial charge in [0.15, 0.2) is 0 Å². The molecular weight excluding hydrogens is 385 g/mol. The van der Waals surface area contributed by atoms with Crippen molar-refractivity contribution < 1.29 is 13.9 Å². The zero-order valence-electron chi connectivity index (χ0n) is 18.4. The molecule has 0 N–H and O–H groups in total. The van der Waals surface area contributed by atoms with E-state index in [0.717, 1.165) is 49.7 Å². The van der Waals surface area contributed by atoms with Gasteiger partial charge in [-0.05, 0) is 38.6 Å². The average Bonchev–Trinajstić information content (AvgIpc) is 3.04. The van der Waals surface area contributed by atoms with E-state index in [4.69, 9.17) is 9.84 Å². The zero-order chi connectivity index (χ0) is 21.7. The third kappa shape index (κ3) is 4.99. The fourth-order valence-corrected chi connectivity index (χ4v) is 3.83. The maximum Gasteiger partial charge on any atom is 0.248 e. The molecule has 2 heterocycles. The summed E-state index contributed by atoms with van der Waals surface area (Å²) >= 11 is 0. The van der Waals surface area contributed by atoms with E-state index in [1.54, 1.807) is 6.07 Å². The lowest BCUT2D eigenvalue weighted by molar-refractivity contribution is -0.135. The second kappa shape index (κ2) is 10.0. The van der Waals surface area contributed by atoms with Crippen LogP contribution in [0.5, 0.6) is 0 Å². The quantitative estimate of drug-likeness (QED) is 0.661. The van der Waals surface area contributed by atoms with E-state index in [2.05, 4.69) is 23.8 Å². The van der Waals surface area contributed by atoms with Crippen molar-refractivity contribution in [1.29, 1.82) is 0 Å². The number of hydrogen-bond donors (Lipinski definition) is 0. The van der Waals surface area contributed by atoms with Crippen LogP contribution in [-0.4, -0.2) is 79.0 Å². The van der Waals surface area contributed by atoms with Crippen molar-refractivity contribution in [1.82, 2.24) is 19.6 Å². The molecule has 1 saturated heterocycles. The molecular formula is C22H32FN5O2. The van der Waals surface area contributed by atoms with Crippen molar-refractivity contribution in [2.75, 3.05) is 58.4 Å². The number of anilines is 1. The van der Waals surface area contributed by atoms with Crippen molar-refractivity contribution in [3.8, 4) is 5.69 Å². The molecule has 1 aliphatic heterocycles. The third-order valence-electron chi connectivity index (χ3n) is 5.48. The van der Waals surface area contributed by atoms with Gasteiger partial charge in [-0.15, -0.1) is 0 Å². The highest BCUT2D eigenvalue weighted by Gasteiger charge is 2.27. The van der Waals surface area contributed by atoms with Crippen LogP contribution in [0.4, 0.5) is 10.2 Å². The smallest absolute Gasteiger partial charge is 0.248 e. The highest BCUT2D eigenvalue weighted by Crippen LogP contribution is 2.30. The van der Waals surface area contributed by atoms with Gasteiger partial charge in [0.1, 0.15) is 18.2 Å². The number of likely N-dealkylation sites (N-methyl/N-ethyl adjacent to an activating group) is 1. The van der Waals surface area contributed by atoms with E-state index in [0.29, 0.717) is 18.8 Å². The number of rotatable bonds is 8. The van der Waals surface area contributed by atoms with Crippen LogP contribution < -0.4 is 4.90 Å². The van der Waals surface area contributed by atoms with Crippen LogP contribution in [0.25, 0.3) is 5.69 Å². The normalized spacial score (nSPS) is 14.9. The SMILES string of the molecule is CCCN(Cc1c(C)nn(-c2cccc(F)c2)c1N1CCN(C)CC1)C(=O)COC. The predicted molar refractivity (Wildman–Crippen MR) is 116 cm³/mol. The molecule has 0 saturated carbocycles. The summed E-state index contributed by atoms with van der Waals surface area (Å²) in [5.74, 6) is 0.605. The highest BCUT2D eigenvalue weighted by atomic mass is 19.1. The number of aromatic nitrogens is 2. The molecule has 1 aliphatic rings. The van der Waals surface area contributed by atoms with Crippen molar-refractivity contribution in [3.63, 3.8) is 0 Å². The molecule has 0 aliphatic carbocycles. The first-order chi connectivity index (χ1) is 14.4. The number of piperazine rings is 1. The van der Waals surface area contributed by atoms with Gasteiger partial charge in [-0.3, -0.25) is 4.79 Å². The molecule has 30 heavy (non-hydrogen) atoms. The standard InChI is InChI=1S/C22H32FN5O2/c1-5-9-27(21(29)16-30-4)15-20-17(2)24-28(19-8-6-7-18(23)14-19)22(20)26-12-10-25(3)11-13-26/h6-8,14H,5,9-13,15-16H2,1-4H3. The summed E-state index contributed by atoms with van der Waals surface area (Å²) in [6, 6.07) is 6.48. The van der Waals surface area contributed by atoms with Gasteiger partial charge in [0, 0.05) is 45.4 Å². The zero-order valence-corrected chi connectivity index (χ0v) is 18.4. The number of nitrogens with zero attached hydrogens (tertiary/aromatic N) is 5. The van der Waals surface area contributed by atoms with Crippen molar-refractivity contribution in [2.24, 2.45) is 0 Å². The lowest BCUT2D eigenvalue weighted by Crippen LogP contribution is -2.45. The van der Waals surface area contributed by atoms with Crippen molar-refractivity contribution in [3.05, 3.63) is 41.3 Å². The Labute approximate surface area is 178 Å². The lowest BCUT2D eigenvalue weighted by atomic mass is 10.2. The summed E-state index contributed by atoms with van der Waals surface area (Å²) in [7, 11) is 3.64. The molecule has 0 bridgehead atoms. The maximum absolute atomic E-state index is 14.0. The molecule has 1 amide bonds. The van der Waals surface area contributed by atoms with Crippen LogP contribution in [0.3, 0.4) is 0 Å². The molecule has 0 atom stereocenters. The Morgan fingerprint density at radius 1 is 1.27 bits per heavy atom. The van der Waals surface area contributed by atoms with Gasteiger partial charge >= 0.3 is 0 Å². The van der Waals surface area contributed by atoms with E-state index >= 15 is 0 Å². The van der Waals surface area contributed by atoms with Crippen LogP contribution >= 0.6 is 0 Å². The molecule has 0 unspecified atom stereocenters. The van der Waals surface area contributed by atoms with Gasteiger partial charge in [0.2, 0.25) is 5.91 Å². The summed E-state index contributed by atoms with van der Waals surface area (Å²) in [6.45, 7) is 8.75. The van der Waals surface area contributed by atoms with E-state index in [9.17, 15) is 9.18 Å². The van der Waals surface area contributed by atoms with Crippen LogP contribution in [0.15, 0.2) is 24.3 Å². The average molecular weight is 418 g/mol. The van der Waals surface area contributed by atoms with Gasteiger partial charge in [0.25, 0.3) is 0 Å². The first kappa shape index (κ1) is 22.2. The van der Waals surface area contributed by atoms with Crippen LogP contribution in [0.1, 0.15) is 24.6 Å². The van der Waals surface area contributed by atoms with Gasteiger partial charge in [-0.2, -0.15) is 5.10 Å². The largest absolute Gasteiger partial charge is 0.375 e. The number of halogens is 1. The summed E-state index contributed by atoms with van der Waals surface area (Å²) in [5.41, 5.74) is 2.53. The Morgan fingerprint density at radius 3 is 2.63 bits per heavy atom. The second-order valence-electron chi connectivity index (χ2n) is 7.82. The Morgan fingerprint density at radius 2 is 2.00 bits per heavy atom. The predicted octanol–water partition coefficient (Wildman–Crippen LogP) is 2.46. The summed E-state index contributed by atoms with van der Waals surface area (Å²) in [5, 5.41) is 4.76. The maximum atomic E-state index is 14.0. The molecule has 0 spiro atoms. The van der Waals surface area contributed by atoms with Crippen molar-refractivity contribution >= 4 is 11.7 Å². The topological polar surface area (TPSA) is 53.8 Å². The molecule has 2 aromatic rings.